The van der Waals surface area contributed by atoms with Crippen LogP contribution in [-0.4, -0.2) is 62.3 Å². The van der Waals surface area contributed by atoms with E-state index in [-0.39, 0.29) is 11.4 Å². The number of nitrogens with one attached hydrogen (secondary N) is 1. The lowest BCUT2D eigenvalue weighted by molar-refractivity contribution is -0.991. The van der Waals surface area contributed by atoms with Gasteiger partial charge in [0, 0.05) is 12.1 Å². The van der Waals surface area contributed by atoms with Crippen LogP contribution in [0.1, 0.15) is 0 Å². The summed E-state index contributed by atoms with van der Waals surface area (Å²) >= 11 is 0. The Balaban J connectivity index is 2.11. The van der Waals surface area contributed by atoms with Crippen molar-refractivity contribution >= 4 is 11.7 Å². The predicted molar refractivity (Wildman–Crippen MR) is 67.2 cm³/mol. The fourth-order valence-electron chi connectivity index (χ4n) is 1.96. The number of carboxylic acids is 1. The third-order valence-electron chi connectivity index (χ3n) is 3.17. The Hall–Kier alpha value is -1.79. The van der Waals surface area contributed by atoms with Crippen LogP contribution >= 0.6 is 0 Å². The van der Waals surface area contributed by atoms with E-state index >= 15 is 0 Å². The summed E-state index contributed by atoms with van der Waals surface area (Å²) in [5, 5.41) is 56.2. The van der Waals surface area contributed by atoms with E-state index in [9.17, 15) is 25.3 Å². The maximum atomic E-state index is 10.9. The van der Waals surface area contributed by atoms with Crippen LogP contribution in [0.3, 0.4) is 0 Å². The number of benzene rings is 1. The highest BCUT2D eigenvalue weighted by Crippen LogP contribution is 2.24. The average molecular weight is 317 g/mol. The minimum atomic E-state index is -1.80. The van der Waals surface area contributed by atoms with Crippen LogP contribution in [0.5, 0.6) is 5.75 Å². The number of carbonyl (C=O) groups is 1. The van der Waals surface area contributed by atoms with Gasteiger partial charge in [0.1, 0.15) is 24.1 Å². The third-order valence-corrected chi connectivity index (χ3v) is 3.17. The molecule has 0 aromatic heterocycles. The number of carboxylic acid groups (broad SMARTS) is 1. The van der Waals surface area contributed by atoms with E-state index in [0.717, 1.165) is 0 Å². The molecule has 22 heavy (non-hydrogen) atoms. The van der Waals surface area contributed by atoms with Gasteiger partial charge in [-0.25, -0.2) is 10.0 Å². The van der Waals surface area contributed by atoms with Crippen LogP contribution in [0.2, 0.25) is 0 Å². The summed E-state index contributed by atoms with van der Waals surface area (Å²) < 4.78 is 10.1. The Labute approximate surface area is 123 Å². The lowest BCUT2D eigenvalue weighted by atomic mass is 9.99. The highest BCUT2D eigenvalue weighted by atomic mass is 16.8. The highest BCUT2D eigenvalue weighted by Gasteiger charge is 2.48. The van der Waals surface area contributed by atoms with Crippen LogP contribution in [0.15, 0.2) is 24.3 Å². The molecule has 0 radical (unpaired) electrons. The molecule has 1 aromatic carbocycles. The maximum absolute atomic E-state index is 10.9. The Morgan fingerprint density at radius 3 is 2.23 bits per heavy atom. The van der Waals surface area contributed by atoms with Gasteiger partial charge < -0.3 is 35.1 Å². The summed E-state index contributed by atoms with van der Waals surface area (Å²) in [6.07, 6.45) is -8.54. The maximum Gasteiger partial charge on any atom is 0.335 e. The normalized spacial score (nSPS) is 33.2. The molecule has 1 aromatic rings. The van der Waals surface area contributed by atoms with Crippen molar-refractivity contribution in [2.75, 3.05) is 0 Å². The van der Waals surface area contributed by atoms with E-state index in [0.29, 0.717) is 0 Å². The number of hydrogen-bond acceptors (Lipinski definition) is 8. The molecule has 1 saturated heterocycles. The molecule has 0 saturated carbocycles. The van der Waals surface area contributed by atoms with Gasteiger partial charge in [0.25, 0.3) is 0 Å². The molecule has 0 amide bonds. The fourth-order valence-corrected chi connectivity index (χ4v) is 1.96. The quantitative estimate of drug-likeness (QED) is 0.326. The number of aliphatic carboxylic acids is 1. The van der Waals surface area contributed by atoms with Crippen LogP contribution in [-0.2, 0) is 9.53 Å². The number of rotatable bonds is 4. The second-order valence-corrected chi connectivity index (χ2v) is 4.68. The molecule has 0 bridgehead atoms. The lowest BCUT2D eigenvalue weighted by Crippen LogP contribution is -2.99. The summed E-state index contributed by atoms with van der Waals surface area (Å²) in [6.45, 7) is 0. The Bertz CT molecular complexity index is 520. The summed E-state index contributed by atoms with van der Waals surface area (Å²) in [5.74, 6) is -1.42. The smallest absolute Gasteiger partial charge is 0.335 e. The zero-order chi connectivity index (χ0) is 16.4. The van der Waals surface area contributed by atoms with Crippen LogP contribution < -0.4 is 9.96 Å². The van der Waals surface area contributed by atoms with Crippen molar-refractivity contribution in [2.24, 2.45) is 0 Å². The van der Waals surface area contributed by atoms with Crippen molar-refractivity contribution in [3.8, 4) is 5.75 Å². The minimum Gasteiger partial charge on any atom is -0.595 e. The summed E-state index contributed by atoms with van der Waals surface area (Å²) in [4.78, 5) is 10.9. The van der Waals surface area contributed by atoms with E-state index in [1.165, 1.54) is 24.3 Å². The van der Waals surface area contributed by atoms with Gasteiger partial charge in [-0.15, -0.1) is 0 Å². The first kappa shape index (κ1) is 16.6. The minimum absolute atomic E-state index is 0.0105. The van der Waals surface area contributed by atoms with E-state index in [4.69, 9.17) is 19.8 Å². The standard InChI is InChI=1S/C12H15NO9/c14-7-8(15)10(11(17)18)22-12(9(7)16)21-6-3-1-5(2-4-6)13(19)20/h1-4,7-10,12-16,19H,(H,17,18)/t7-,8-,9+,10+,12-/m0/s1. The number of aliphatic hydroxyl groups excluding tert-OH is 3. The zero-order valence-corrected chi connectivity index (χ0v) is 11.1. The summed E-state index contributed by atoms with van der Waals surface area (Å²) in [7, 11) is 0. The van der Waals surface area contributed by atoms with E-state index in [1.807, 2.05) is 0 Å². The number of quaternary nitrogens is 1. The van der Waals surface area contributed by atoms with Gasteiger partial charge in [0.05, 0.1) is 0 Å². The van der Waals surface area contributed by atoms with Gasteiger partial charge in [0.2, 0.25) is 6.29 Å². The van der Waals surface area contributed by atoms with Crippen LogP contribution in [0.4, 0.5) is 5.69 Å². The van der Waals surface area contributed by atoms with Crippen LogP contribution in [0.25, 0.3) is 0 Å². The van der Waals surface area contributed by atoms with Gasteiger partial charge in [0.15, 0.2) is 11.8 Å². The zero-order valence-electron chi connectivity index (χ0n) is 11.1. The molecule has 1 fully saturated rings. The molecule has 6 N–H and O–H groups in total. The second kappa shape index (κ2) is 6.54. The molecule has 0 spiro atoms. The van der Waals surface area contributed by atoms with Crippen molar-refractivity contribution in [2.45, 2.75) is 30.7 Å². The third kappa shape index (κ3) is 3.34. The number of aliphatic hydroxyl groups is 3. The molecule has 0 aliphatic carbocycles. The highest BCUT2D eigenvalue weighted by molar-refractivity contribution is 5.73. The lowest BCUT2D eigenvalue weighted by Gasteiger charge is -2.38. The van der Waals surface area contributed by atoms with Gasteiger partial charge in [-0.2, -0.15) is 5.23 Å². The van der Waals surface area contributed by atoms with Gasteiger partial charge >= 0.3 is 5.97 Å². The Kier molecular flexibility index (Phi) is 4.93. The van der Waals surface area contributed by atoms with Crippen molar-refractivity contribution in [3.63, 3.8) is 0 Å². The molecule has 1 unspecified atom stereocenters. The predicted octanol–water partition coefficient (Wildman–Crippen LogP) is -2.64. The van der Waals surface area contributed by atoms with Crippen molar-refractivity contribution in [3.05, 3.63) is 29.5 Å². The molecular weight excluding hydrogens is 302 g/mol. The molecule has 1 aliphatic rings. The average Bonchev–Trinajstić information content (AvgIpc) is 2.48. The van der Waals surface area contributed by atoms with Gasteiger partial charge in [-0.05, 0) is 12.1 Å². The largest absolute Gasteiger partial charge is 0.595 e. The molecule has 2 rings (SSSR count). The molecule has 1 aliphatic heterocycles. The monoisotopic (exact) mass is 317 g/mol. The van der Waals surface area contributed by atoms with Crippen molar-refractivity contribution in [1.82, 2.24) is 0 Å². The van der Waals surface area contributed by atoms with Gasteiger partial charge in [-0.3, -0.25) is 0 Å². The molecule has 1 heterocycles. The van der Waals surface area contributed by atoms with E-state index in [2.05, 4.69) is 0 Å². The van der Waals surface area contributed by atoms with Crippen LogP contribution in [0, 0.1) is 5.21 Å². The first-order valence-electron chi connectivity index (χ1n) is 6.23. The first-order valence-corrected chi connectivity index (χ1v) is 6.23. The SMILES string of the molecule is O=C(O)[C@@H]1O[C@H](Oc2ccc([NH+]([O-])O)cc2)[C@H](O)[C@@H](O)[C@@H]1O. The molecule has 6 atom stereocenters. The molecule has 122 valence electrons. The summed E-state index contributed by atoms with van der Waals surface area (Å²) in [5.41, 5.74) is 0.0105. The Morgan fingerprint density at radius 2 is 1.73 bits per heavy atom. The molecular formula is C12H15NO9. The molecule has 10 nitrogen and oxygen atoms in total. The summed E-state index contributed by atoms with van der Waals surface area (Å²) in [6, 6.07) is 5.05. The molecule has 10 heteroatoms. The Morgan fingerprint density at radius 1 is 1.14 bits per heavy atom. The number of ether oxygens (including phenoxy) is 2. The first-order chi connectivity index (χ1) is 10.3. The fraction of sp³-hybridized carbons (Fsp3) is 0.417. The van der Waals surface area contributed by atoms with Gasteiger partial charge in [-0.1, -0.05) is 0 Å². The van der Waals surface area contributed by atoms with E-state index < -0.39 is 41.9 Å². The topological polar surface area (TPSA) is 164 Å². The van der Waals surface area contributed by atoms with E-state index in [1.54, 1.807) is 0 Å². The van der Waals surface area contributed by atoms with Crippen molar-refractivity contribution < 1.29 is 45.1 Å². The van der Waals surface area contributed by atoms with Crippen molar-refractivity contribution in [1.29, 1.82) is 0 Å². The second-order valence-electron chi connectivity index (χ2n) is 4.68. The number of hydrogen-bond donors (Lipinski definition) is 6.